The van der Waals surface area contributed by atoms with Crippen LogP contribution in [0.1, 0.15) is 56.5 Å². The van der Waals surface area contributed by atoms with Crippen LogP contribution in [-0.4, -0.2) is 32.4 Å². The second-order valence-corrected chi connectivity index (χ2v) is 7.64. The summed E-state index contributed by atoms with van der Waals surface area (Å²) in [5, 5.41) is 4.85. The van der Waals surface area contributed by atoms with Gasteiger partial charge >= 0.3 is 0 Å². The summed E-state index contributed by atoms with van der Waals surface area (Å²) >= 11 is 5.73. The van der Waals surface area contributed by atoms with Crippen LogP contribution in [-0.2, 0) is 19.6 Å². The summed E-state index contributed by atoms with van der Waals surface area (Å²) in [6.07, 6.45) is 7.19. The van der Waals surface area contributed by atoms with E-state index in [4.69, 9.17) is 22.1 Å². The van der Waals surface area contributed by atoms with Crippen molar-refractivity contribution < 1.29 is 4.74 Å². The molecule has 2 aliphatic heterocycles. The van der Waals surface area contributed by atoms with Crippen molar-refractivity contribution in [3.63, 3.8) is 0 Å². The van der Waals surface area contributed by atoms with Gasteiger partial charge in [0.1, 0.15) is 11.6 Å². The molecule has 0 spiro atoms. The molecule has 1 saturated heterocycles. The van der Waals surface area contributed by atoms with Gasteiger partial charge in [-0.15, -0.1) is 0 Å². The number of aromatic nitrogens is 3. The van der Waals surface area contributed by atoms with Gasteiger partial charge in [0.25, 0.3) is 0 Å². The van der Waals surface area contributed by atoms with Crippen molar-refractivity contribution in [3.8, 4) is 5.75 Å². The van der Waals surface area contributed by atoms with Crippen molar-refractivity contribution in [2.45, 2.75) is 64.7 Å². The van der Waals surface area contributed by atoms with Crippen molar-refractivity contribution in [1.82, 2.24) is 19.2 Å². The fourth-order valence-corrected chi connectivity index (χ4v) is 4.51. The lowest BCUT2D eigenvalue weighted by Gasteiger charge is -2.24. The Kier molecular flexibility index (Phi) is 5.41. The molecular formula is C20H28N4OS. The zero-order chi connectivity index (χ0) is 17.9. The first-order valence-electron chi connectivity index (χ1n) is 9.89. The summed E-state index contributed by atoms with van der Waals surface area (Å²) in [7, 11) is 0. The third-order valence-electron chi connectivity index (χ3n) is 5.54. The van der Waals surface area contributed by atoms with Gasteiger partial charge in [-0.05, 0) is 62.5 Å². The van der Waals surface area contributed by atoms with Gasteiger partial charge in [0.2, 0.25) is 0 Å². The number of ether oxygens (including phenoxy) is 1. The topological polar surface area (TPSA) is 35.2 Å². The van der Waals surface area contributed by atoms with Gasteiger partial charge in [-0.3, -0.25) is 4.90 Å². The van der Waals surface area contributed by atoms with E-state index in [9.17, 15) is 0 Å². The lowest BCUT2D eigenvalue weighted by Crippen LogP contribution is -2.27. The van der Waals surface area contributed by atoms with Crippen molar-refractivity contribution in [3.05, 3.63) is 40.4 Å². The molecule has 6 heteroatoms. The molecule has 1 aromatic carbocycles. The number of likely N-dealkylation sites (tertiary alicyclic amines) is 1. The summed E-state index contributed by atoms with van der Waals surface area (Å²) in [5.74, 6) is 2.12. The van der Waals surface area contributed by atoms with Crippen LogP contribution in [0.5, 0.6) is 5.75 Å². The van der Waals surface area contributed by atoms with Gasteiger partial charge in [0.15, 0.2) is 4.77 Å². The number of fused-ring (bicyclic) bond motifs is 1. The zero-order valence-electron chi connectivity index (χ0n) is 15.6. The molecular weight excluding hydrogens is 344 g/mol. The molecule has 2 aromatic rings. The molecule has 0 aliphatic carbocycles. The molecule has 0 bridgehead atoms. The summed E-state index contributed by atoms with van der Waals surface area (Å²) < 4.78 is 10.8. The van der Waals surface area contributed by atoms with Crippen LogP contribution >= 0.6 is 12.2 Å². The van der Waals surface area contributed by atoms with E-state index in [1.165, 1.54) is 43.5 Å². The second-order valence-electron chi connectivity index (χ2n) is 7.27. The first-order valence-corrected chi connectivity index (χ1v) is 10.3. The number of hydrogen-bond acceptors (Lipinski definition) is 4. The highest BCUT2D eigenvalue weighted by Gasteiger charge is 2.27. The molecule has 1 fully saturated rings. The van der Waals surface area contributed by atoms with Gasteiger partial charge < -0.3 is 9.30 Å². The number of nitrogens with zero attached hydrogens (tertiary/aromatic N) is 4. The Morgan fingerprint density at radius 1 is 1.12 bits per heavy atom. The standard InChI is InChI=1S/C20H28N4OS/c1-2-25-17-11-9-16(10-12-17)18-7-6-13-22(18)15-24-20(26)23-14-5-3-4-8-19(23)21-24/h9-12,18H,2-8,13-15H2,1H3/t18-/m1/s1. The SMILES string of the molecule is CCOc1ccc([C@H]2CCCN2Cn2nc3n(c2=S)CCCCC3)cc1. The largest absolute Gasteiger partial charge is 0.494 e. The summed E-state index contributed by atoms with van der Waals surface area (Å²) in [4.78, 5) is 2.51. The second kappa shape index (κ2) is 7.92. The molecule has 0 saturated carbocycles. The van der Waals surface area contributed by atoms with Gasteiger partial charge in [0.05, 0.1) is 13.3 Å². The predicted molar refractivity (Wildman–Crippen MR) is 105 cm³/mol. The third-order valence-corrected chi connectivity index (χ3v) is 5.97. The van der Waals surface area contributed by atoms with Gasteiger partial charge in [0, 0.05) is 25.6 Å². The third kappa shape index (κ3) is 3.58. The van der Waals surface area contributed by atoms with Crippen LogP contribution in [0.4, 0.5) is 0 Å². The summed E-state index contributed by atoms with van der Waals surface area (Å²) in [6, 6.07) is 9.01. The minimum Gasteiger partial charge on any atom is -0.494 e. The van der Waals surface area contributed by atoms with E-state index in [0.717, 1.165) is 36.7 Å². The fourth-order valence-electron chi connectivity index (χ4n) is 4.22. The van der Waals surface area contributed by atoms with Gasteiger partial charge in [-0.1, -0.05) is 18.6 Å². The van der Waals surface area contributed by atoms with Crippen LogP contribution in [0.25, 0.3) is 0 Å². The summed E-state index contributed by atoms with van der Waals surface area (Å²) in [6.45, 7) is 5.63. The number of aryl methyl sites for hydroxylation is 1. The average Bonchev–Trinajstić information content (AvgIpc) is 3.13. The number of rotatable bonds is 5. The molecule has 26 heavy (non-hydrogen) atoms. The quantitative estimate of drug-likeness (QED) is 0.732. The Morgan fingerprint density at radius 3 is 2.77 bits per heavy atom. The summed E-state index contributed by atoms with van der Waals surface area (Å²) in [5.41, 5.74) is 1.36. The van der Waals surface area contributed by atoms with Crippen LogP contribution in [0.2, 0.25) is 0 Å². The van der Waals surface area contributed by atoms with Crippen molar-refractivity contribution in [2.75, 3.05) is 13.2 Å². The highest BCUT2D eigenvalue weighted by atomic mass is 32.1. The molecule has 2 aliphatic rings. The van der Waals surface area contributed by atoms with Crippen LogP contribution < -0.4 is 4.74 Å². The molecule has 0 unspecified atom stereocenters. The van der Waals surface area contributed by atoms with Crippen molar-refractivity contribution in [1.29, 1.82) is 0 Å². The Morgan fingerprint density at radius 2 is 1.96 bits per heavy atom. The lowest BCUT2D eigenvalue weighted by molar-refractivity contribution is 0.189. The minimum absolute atomic E-state index is 0.439. The highest BCUT2D eigenvalue weighted by molar-refractivity contribution is 7.71. The Hall–Kier alpha value is -1.66. The van der Waals surface area contributed by atoms with Gasteiger partial charge in [-0.2, -0.15) is 5.10 Å². The van der Waals surface area contributed by atoms with E-state index in [2.05, 4.69) is 33.7 Å². The molecule has 5 nitrogen and oxygen atoms in total. The van der Waals surface area contributed by atoms with E-state index in [0.29, 0.717) is 12.6 Å². The number of benzene rings is 1. The molecule has 0 amide bonds. The van der Waals surface area contributed by atoms with Crippen LogP contribution in [0.3, 0.4) is 0 Å². The average molecular weight is 373 g/mol. The first kappa shape index (κ1) is 17.7. The molecule has 4 rings (SSSR count). The molecule has 0 radical (unpaired) electrons. The van der Waals surface area contributed by atoms with E-state index in [-0.39, 0.29) is 0 Å². The fraction of sp³-hybridized carbons (Fsp3) is 0.600. The van der Waals surface area contributed by atoms with E-state index in [1.54, 1.807) is 0 Å². The van der Waals surface area contributed by atoms with Crippen molar-refractivity contribution in [2.24, 2.45) is 0 Å². The van der Waals surface area contributed by atoms with Gasteiger partial charge in [-0.25, -0.2) is 4.68 Å². The molecule has 1 aromatic heterocycles. The molecule has 140 valence electrons. The highest BCUT2D eigenvalue weighted by Crippen LogP contribution is 2.33. The van der Waals surface area contributed by atoms with E-state index < -0.39 is 0 Å². The Bertz CT molecular complexity index is 795. The smallest absolute Gasteiger partial charge is 0.199 e. The van der Waals surface area contributed by atoms with E-state index in [1.807, 2.05) is 11.6 Å². The van der Waals surface area contributed by atoms with E-state index >= 15 is 0 Å². The molecule has 1 atom stereocenters. The van der Waals surface area contributed by atoms with Crippen LogP contribution in [0, 0.1) is 4.77 Å². The Labute approximate surface area is 160 Å². The maximum absolute atomic E-state index is 5.73. The van der Waals surface area contributed by atoms with Crippen molar-refractivity contribution >= 4 is 12.2 Å². The maximum Gasteiger partial charge on any atom is 0.199 e. The maximum atomic E-state index is 5.73. The number of hydrogen-bond donors (Lipinski definition) is 0. The van der Waals surface area contributed by atoms with Crippen LogP contribution in [0.15, 0.2) is 24.3 Å². The molecule has 0 N–H and O–H groups in total. The normalized spacial score (nSPS) is 20.7. The monoisotopic (exact) mass is 372 g/mol. The predicted octanol–water partition coefficient (Wildman–Crippen LogP) is 4.33. The lowest BCUT2D eigenvalue weighted by atomic mass is 10.0. The first-order chi connectivity index (χ1) is 12.8. The minimum atomic E-state index is 0.439. The Balaban J connectivity index is 1.51. The molecule has 3 heterocycles. The zero-order valence-corrected chi connectivity index (χ0v) is 16.4.